The van der Waals surface area contributed by atoms with E-state index in [1.807, 2.05) is 12.1 Å². The van der Waals surface area contributed by atoms with Gasteiger partial charge in [0.05, 0.1) is 6.61 Å². The van der Waals surface area contributed by atoms with Crippen LogP contribution in [0.5, 0.6) is 0 Å². The molecule has 24 heavy (non-hydrogen) atoms. The van der Waals surface area contributed by atoms with Crippen molar-refractivity contribution >= 4 is 29.0 Å². The van der Waals surface area contributed by atoms with Crippen molar-refractivity contribution < 1.29 is 9.53 Å². The molecule has 0 bridgehead atoms. The zero-order chi connectivity index (χ0) is 16.7. The highest BCUT2D eigenvalue weighted by molar-refractivity contribution is 6.31. The van der Waals surface area contributed by atoms with E-state index in [1.165, 1.54) is 5.56 Å². The van der Waals surface area contributed by atoms with Gasteiger partial charge in [0.1, 0.15) is 6.23 Å². The standard InChI is InChI=1S/C19H17Cl2NO2/c20-13-6-4-12(5-7-13)18(23)10-14-11-24-19-16-2-1-3-17(21)15(16)8-9-22(14)19/h1-7,14,19H,8-11H2/t14-,19+/m1/s1. The van der Waals surface area contributed by atoms with Gasteiger partial charge in [0.2, 0.25) is 0 Å². The minimum atomic E-state index is -0.0875. The molecule has 2 aliphatic rings. The van der Waals surface area contributed by atoms with Gasteiger partial charge in [-0.3, -0.25) is 9.69 Å². The van der Waals surface area contributed by atoms with Gasteiger partial charge < -0.3 is 4.74 Å². The van der Waals surface area contributed by atoms with E-state index in [0.29, 0.717) is 23.6 Å². The molecule has 0 unspecified atom stereocenters. The molecule has 0 radical (unpaired) electrons. The Labute approximate surface area is 151 Å². The lowest BCUT2D eigenvalue weighted by Gasteiger charge is -2.33. The summed E-state index contributed by atoms with van der Waals surface area (Å²) in [6, 6.07) is 13.1. The Hall–Kier alpha value is -1.39. The Bertz CT molecular complexity index is 775. The number of halogens is 2. The third kappa shape index (κ3) is 2.86. The Morgan fingerprint density at radius 2 is 1.96 bits per heavy atom. The van der Waals surface area contributed by atoms with Crippen LogP contribution in [0.1, 0.15) is 34.1 Å². The van der Waals surface area contributed by atoms with E-state index in [4.69, 9.17) is 27.9 Å². The molecule has 2 aromatic carbocycles. The van der Waals surface area contributed by atoms with Crippen LogP contribution in [0, 0.1) is 0 Å². The quantitative estimate of drug-likeness (QED) is 0.752. The van der Waals surface area contributed by atoms with Crippen molar-refractivity contribution in [1.82, 2.24) is 4.90 Å². The number of carbonyl (C=O) groups is 1. The summed E-state index contributed by atoms with van der Waals surface area (Å²) in [5, 5.41) is 1.44. The number of fused-ring (bicyclic) bond motifs is 3. The first-order chi connectivity index (χ1) is 11.6. The van der Waals surface area contributed by atoms with Crippen LogP contribution in [0.4, 0.5) is 0 Å². The number of ether oxygens (including phenoxy) is 1. The van der Waals surface area contributed by atoms with Crippen molar-refractivity contribution in [2.45, 2.75) is 25.1 Å². The Kier molecular flexibility index (Phi) is 4.35. The molecule has 2 heterocycles. The third-order valence-electron chi connectivity index (χ3n) is 4.85. The number of hydrogen-bond acceptors (Lipinski definition) is 3. The summed E-state index contributed by atoms with van der Waals surface area (Å²) in [7, 11) is 0. The summed E-state index contributed by atoms with van der Waals surface area (Å²) in [5.74, 6) is 0.123. The van der Waals surface area contributed by atoms with Gasteiger partial charge in [-0.1, -0.05) is 35.3 Å². The molecule has 2 atom stereocenters. The topological polar surface area (TPSA) is 29.5 Å². The Morgan fingerprint density at radius 1 is 1.17 bits per heavy atom. The summed E-state index contributed by atoms with van der Waals surface area (Å²) in [4.78, 5) is 14.8. The van der Waals surface area contributed by atoms with E-state index < -0.39 is 0 Å². The minimum absolute atomic E-state index is 0.0875. The monoisotopic (exact) mass is 361 g/mol. The molecule has 1 saturated heterocycles. The second-order valence-corrected chi connectivity index (χ2v) is 7.11. The molecule has 2 aliphatic heterocycles. The van der Waals surface area contributed by atoms with Gasteiger partial charge in [-0.25, -0.2) is 0 Å². The maximum Gasteiger partial charge on any atom is 0.164 e. The zero-order valence-electron chi connectivity index (χ0n) is 13.0. The van der Waals surface area contributed by atoms with Gasteiger partial charge >= 0.3 is 0 Å². The van der Waals surface area contributed by atoms with Crippen LogP contribution in [0.25, 0.3) is 0 Å². The number of benzene rings is 2. The van der Waals surface area contributed by atoms with Gasteiger partial charge in [-0.05, 0) is 42.3 Å². The van der Waals surface area contributed by atoms with Crippen molar-refractivity contribution in [3.63, 3.8) is 0 Å². The first kappa shape index (κ1) is 16.1. The highest BCUT2D eigenvalue weighted by Crippen LogP contribution is 2.39. The predicted molar refractivity (Wildman–Crippen MR) is 94.7 cm³/mol. The molecule has 3 nitrogen and oxygen atoms in total. The van der Waals surface area contributed by atoms with Crippen LogP contribution in [0.15, 0.2) is 42.5 Å². The second kappa shape index (κ2) is 6.49. The van der Waals surface area contributed by atoms with Gasteiger partial charge in [-0.2, -0.15) is 0 Å². The van der Waals surface area contributed by atoms with E-state index in [9.17, 15) is 4.79 Å². The molecule has 0 N–H and O–H groups in total. The van der Waals surface area contributed by atoms with Gasteiger partial charge in [-0.15, -0.1) is 0 Å². The smallest absolute Gasteiger partial charge is 0.164 e. The zero-order valence-corrected chi connectivity index (χ0v) is 14.6. The van der Waals surface area contributed by atoms with E-state index in [0.717, 1.165) is 23.6 Å². The molecule has 0 spiro atoms. The second-order valence-electron chi connectivity index (χ2n) is 6.27. The maximum atomic E-state index is 12.5. The molecular weight excluding hydrogens is 345 g/mol. The molecule has 0 aliphatic carbocycles. The lowest BCUT2D eigenvalue weighted by Crippen LogP contribution is -2.39. The molecular formula is C19H17Cl2NO2. The van der Waals surface area contributed by atoms with Crippen molar-refractivity contribution in [3.8, 4) is 0 Å². The molecule has 1 fully saturated rings. The molecule has 124 valence electrons. The molecule has 0 saturated carbocycles. The minimum Gasteiger partial charge on any atom is -0.357 e. The van der Waals surface area contributed by atoms with E-state index in [-0.39, 0.29) is 18.1 Å². The van der Waals surface area contributed by atoms with Crippen LogP contribution in [-0.2, 0) is 11.2 Å². The fraction of sp³-hybridized carbons (Fsp3) is 0.316. The molecule has 0 aromatic heterocycles. The largest absolute Gasteiger partial charge is 0.357 e. The lowest BCUT2D eigenvalue weighted by molar-refractivity contribution is 0.0216. The van der Waals surface area contributed by atoms with Crippen LogP contribution in [0.3, 0.4) is 0 Å². The molecule has 5 heteroatoms. The highest BCUT2D eigenvalue weighted by Gasteiger charge is 2.40. The normalized spacial score (nSPS) is 22.9. The Morgan fingerprint density at radius 3 is 2.75 bits per heavy atom. The van der Waals surface area contributed by atoms with Crippen LogP contribution in [-0.4, -0.2) is 29.9 Å². The van der Waals surface area contributed by atoms with Gasteiger partial charge in [0.15, 0.2) is 5.78 Å². The average molecular weight is 362 g/mol. The summed E-state index contributed by atoms with van der Waals surface area (Å²) in [5.41, 5.74) is 3.00. The van der Waals surface area contributed by atoms with Crippen LogP contribution < -0.4 is 0 Å². The first-order valence-corrected chi connectivity index (χ1v) is 8.82. The average Bonchev–Trinajstić information content (AvgIpc) is 2.99. The lowest BCUT2D eigenvalue weighted by atomic mass is 9.96. The van der Waals surface area contributed by atoms with Gasteiger partial charge in [0, 0.05) is 40.2 Å². The van der Waals surface area contributed by atoms with Crippen molar-refractivity contribution in [2.24, 2.45) is 0 Å². The first-order valence-electron chi connectivity index (χ1n) is 8.07. The fourth-order valence-electron chi connectivity index (χ4n) is 3.61. The number of ketones is 1. The molecule has 4 rings (SSSR count). The number of carbonyl (C=O) groups excluding carboxylic acids is 1. The van der Waals surface area contributed by atoms with Crippen molar-refractivity contribution in [3.05, 3.63) is 69.2 Å². The highest BCUT2D eigenvalue weighted by atomic mass is 35.5. The number of hydrogen-bond donors (Lipinski definition) is 0. The number of nitrogens with zero attached hydrogens (tertiary/aromatic N) is 1. The number of rotatable bonds is 3. The fourth-order valence-corrected chi connectivity index (χ4v) is 4.01. The molecule has 2 aromatic rings. The summed E-state index contributed by atoms with van der Waals surface area (Å²) < 4.78 is 6.00. The predicted octanol–water partition coefficient (Wildman–Crippen LogP) is 4.52. The Balaban J connectivity index is 1.51. The van der Waals surface area contributed by atoms with Gasteiger partial charge in [0.25, 0.3) is 0 Å². The SMILES string of the molecule is O=C(C[C@@H]1CO[C@H]2c3cccc(Cl)c3CCN12)c1ccc(Cl)cc1. The van der Waals surface area contributed by atoms with E-state index >= 15 is 0 Å². The van der Waals surface area contributed by atoms with E-state index in [1.54, 1.807) is 24.3 Å². The molecule has 0 amide bonds. The van der Waals surface area contributed by atoms with Crippen molar-refractivity contribution in [2.75, 3.05) is 13.2 Å². The summed E-state index contributed by atoms with van der Waals surface area (Å²) in [6.45, 7) is 1.43. The van der Waals surface area contributed by atoms with Crippen LogP contribution in [0.2, 0.25) is 10.0 Å². The maximum absolute atomic E-state index is 12.5. The number of Topliss-reactive ketones (excluding diaryl/α,β-unsaturated/α-hetero) is 1. The van der Waals surface area contributed by atoms with Crippen molar-refractivity contribution in [1.29, 1.82) is 0 Å². The third-order valence-corrected chi connectivity index (χ3v) is 5.45. The van der Waals surface area contributed by atoms with E-state index in [2.05, 4.69) is 11.0 Å². The van der Waals surface area contributed by atoms with Crippen LogP contribution >= 0.6 is 23.2 Å². The summed E-state index contributed by atoms with van der Waals surface area (Å²) in [6.07, 6.45) is 1.25. The summed E-state index contributed by atoms with van der Waals surface area (Å²) >= 11 is 12.2.